The highest BCUT2D eigenvalue weighted by Crippen LogP contribution is 2.35. The number of benzene rings is 1. The number of aromatic nitrogens is 1. The van der Waals surface area contributed by atoms with Gasteiger partial charge >= 0.3 is 0 Å². The Morgan fingerprint density at radius 3 is 2.25 bits per heavy atom. The lowest BCUT2D eigenvalue weighted by molar-refractivity contribution is 0.590. The van der Waals surface area contributed by atoms with E-state index in [1.807, 2.05) is 14.0 Å². The molecule has 0 aliphatic carbocycles. The summed E-state index contributed by atoms with van der Waals surface area (Å²) in [7, 11) is 1.89. The zero-order valence-corrected chi connectivity index (χ0v) is 13.6. The first-order chi connectivity index (χ1) is 9.32. The summed E-state index contributed by atoms with van der Waals surface area (Å²) in [5, 5.41) is 4.01. The molecule has 0 spiro atoms. The highest BCUT2D eigenvalue weighted by atomic mass is 32.1. The zero-order chi connectivity index (χ0) is 14.9. The summed E-state index contributed by atoms with van der Waals surface area (Å²) in [5.41, 5.74) is 9.68. The van der Waals surface area contributed by atoms with Gasteiger partial charge in [-0.25, -0.2) is 4.98 Å². The molecule has 1 unspecified atom stereocenters. The standard InChI is InChI=1S/C16H23N3S/c1-10(17)14-13(19-15(18-5)20-14)11-6-8-12(9-7-11)16(2,3)4/h6-10H,17H2,1-5H3,(H,18,19). The van der Waals surface area contributed by atoms with Crippen LogP contribution in [0.2, 0.25) is 0 Å². The van der Waals surface area contributed by atoms with Crippen LogP contribution < -0.4 is 11.1 Å². The molecule has 0 amide bonds. The van der Waals surface area contributed by atoms with E-state index in [9.17, 15) is 0 Å². The molecule has 108 valence electrons. The van der Waals surface area contributed by atoms with E-state index in [4.69, 9.17) is 5.73 Å². The van der Waals surface area contributed by atoms with E-state index >= 15 is 0 Å². The van der Waals surface area contributed by atoms with E-state index < -0.39 is 0 Å². The van der Waals surface area contributed by atoms with Crippen molar-refractivity contribution in [3.05, 3.63) is 34.7 Å². The largest absolute Gasteiger partial charge is 0.365 e. The van der Waals surface area contributed by atoms with Crippen LogP contribution in [0.1, 0.15) is 44.2 Å². The molecule has 0 saturated heterocycles. The quantitative estimate of drug-likeness (QED) is 0.891. The fourth-order valence-corrected chi connectivity index (χ4v) is 2.98. The van der Waals surface area contributed by atoms with Gasteiger partial charge < -0.3 is 11.1 Å². The second-order valence-electron chi connectivity index (χ2n) is 6.10. The summed E-state index contributed by atoms with van der Waals surface area (Å²) in [4.78, 5) is 5.76. The Balaban J connectivity index is 2.43. The molecule has 0 aliphatic rings. The van der Waals surface area contributed by atoms with Gasteiger partial charge in [0, 0.05) is 18.7 Å². The molecule has 0 aliphatic heterocycles. The highest BCUT2D eigenvalue weighted by Gasteiger charge is 2.17. The molecule has 4 heteroatoms. The molecule has 2 rings (SSSR count). The lowest BCUT2D eigenvalue weighted by Gasteiger charge is -2.19. The maximum absolute atomic E-state index is 6.06. The maximum atomic E-state index is 6.06. The van der Waals surface area contributed by atoms with Gasteiger partial charge in [-0.15, -0.1) is 0 Å². The van der Waals surface area contributed by atoms with Crippen molar-refractivity contribution >= 4 is 16.5 Å². The molecule has 0 radical (unpaired) electrons. The lowest BCUT2D eigenvalue weighted by atomic mass is 9.86. The van der Waals surface area contributed by atoms with Crippen LogP contribution in [0.5, 0.6) is 0 Å². The van der Waals surface area contributed by atoms with E-state index in [1.54, 1.807) is 11.3 Å². The lowest BCUT2D eigenvalue weighted by Crippen LogP contribution is -2.10. The third kappa shape index (κ3) is 3.02. The number of anilines is 1. The van der Waals surface area contributed by atoms with Crippen LogP contribution >= 0.6 is 11.3 Å². The van der Waals surface area contributed by atoms with Crippen LogP contribution in [0.3, 0.4) is 0 Å². The number of nitrogens with zero attached hydrogens (tertiary/aromatic N) is 1. The second kappa shape index (κ2) is 5.54. The van der Waals surface area contributed by atoms with Gasteiger partial charge in [0.05, 0.1) is 10.6 Å². The number of rotatable bonds is 3. The van der Waals surface area contributed by atoms with Gasteiger partial charge in [0.1, 0.15) is 0 Å². The number of hydrogen-bond acceptors (Lipinski definition) is 4. The van der Waals surface area contributed by atoms with Crippen molar-refractivity contribution in [2.75, 3.05) is 12.4 Å². The fourth-order valence-electron chi connectivity index (χ4n) is 2.08. The highest BCUT2D eigenvalue weighted by molar-refractivity contribution is 7.16. The summed E-state index contributed by atoms with van der Waals surface area (Å²) >= 11 is 1.62. The molecule has 20 heavy (non-hydrogen) atoms. The molecule has 3 nitrogen and oxygen atoms in total. The third-order valence-corrected chi connectivity index (χ3v) is 4.58. The second-order valence-corrected chi connectivity index (χ2v) is 7.13. The Kier molecular flexibility index (Phi) is 4.16. The average molecular weight is 289 g/mol. The molecule has 0 saturated carbocycles. The van der Waals surface area contributed by atoms with Crippen molar-refractivity contribution in [3.63, 3.8) is 0 Å². The van der Waals surface area contributed by atoms with Crippen molar-refractivity contribution in [3.8, 4) is 11.3 Å². The Labute approximate surface area is 125 Å². The summed E-state index contributed by atoms with van der Waals surface area (Å²) in [6.07, 6.45) is 0. The van der Waals surface area contributed by atoms with Gasteiger partial charge in [0.2, 0.25) is 0 Å². The minimum Gasteiger partial charge on any atom is -0.365 e. The third-order valence-electron chi connectivity index (χ3n) is 3.31. The van der Waals surface area contributed by atoms with Crippen LogP contribution in [0.25, 0.3) is 11.3 Å². The molecule has 0 fully saturated rings. The van der Waals surface area contributed by atoms with Crippen LogP contribution in [-0.4, -0.2) is 12.0 Å². The van der Waals surface area contributed by atoms with Gasteiger partial charge in [-0.1, -0.05) is 56.4 Å². The van der Waals surface area contributed by atoms with Gasteiger partial charge in [-0.05, 0) is 17.9 Å². The van der Waals surface area contributed by atoms with Crippen LogP contribution in [0.4, 0.5) is 5.13 Å². The van der Waals surface area contributed by atoms with E-state index in [0.29, 0.717) is 0 Å². The monoisotopic (exact) mass is 289 g/mol. The van der Waals surface area contributed by atoms with E-state index in [1.165, 1.54) is 5.56 Å². The Bertz CT molecular complexity index is 577. The maximum Gasteiger partial charge on any atom is 0.183 e. The average Bonchev–Trinajstić information content (AvgIpc) is 2.82. The molecule has 1 atom stereocenters. The topological polar surface area (TPSA) is 50.9 Å². The van der Waals surface area contributed by atoms with Gasteiger partial charge in [0.25, 0.3) is 0 Å². The summed E-state index contributed by atoms with van der Waals surface area (Å²) < 4.78 is 0. The molecule has 0 bridgehead atoms. The van der Waals surface area contributed by atoms with Crippen molar-refractivity contribution in [2.24, 2.45) is 5.73 Å². The smallest absolute Gasteiger partial charge is 0.183 e. The number of hydrogen-bond donors (Lipinski definition) is 2. The molecule has 3 N–H and O–H groups in total. The summed E-state index contributed by atoms with van der Waals surface area (Å²) in [6.45, 7) is 8.66. The minimum absolute atomic E-state index is 0.00751. The van der Waals surface area contributed by atoms with Gasteiger partial charge in [-0.2, -0.15) is 0 Å². The first-order valence-corrected chi connectivity index (χ1v) is 7.69. The van der Waals surface area contributed by atoms with Crippen LogP contribution in [-0.2, 0) is 5.41 Å². The Morgan fingerprint density at radius 1 is 1.20 bits per heavy atom. The number of nitrogens with one attached hydrogen (secondary N) is 1. The van der Waals surface area contributed by atoms with Gasteiger partial charge in [-0.3, -0.25) is 0 Å². The molecule has 1 heterocycles. The Hall–Kier alpha value is -1.39. The van der Waals surface area contributed by atoms with Crippen molar-refractivity contribution in [1.29, 1.82) is 0 Å². The van der Waals surface area contributed by atoms with Crippen LogP contribution in [0.15, 0.2) is 24.3 Å². The molecular formula is C16H23N3S. The SMILES string of the molecule is CNc1nc(-c2ccc(C(C)(C)C)cc2)c(C(C)N)s1. The number of nitrogens with two attached hydrogens (primary N) is 1. The fraction of sp³-hybridized carbons (Fsp3) is 0.438. The van der Waals surface area contributed by atoms with E-state index in [-0.39, 0.29) is 11.5 Å². The molecule has 1 aromatic heterocycles. The first kappa shape index (κ1) is 15.0. The summed E-state index contributed by atoms with van der Waals surface area (Å²) in [6, 6.07) is 8.63. The van der Waals surface area contributed by atoms with Gasteiger partial charge in [0.15, 0.2) is 5.13 Å². The first-order valence-electron chi connectivity index (χ1n) is 6.88. The van der Waals surface area contributed by atoms with Crippen molar-refractivity contribution in [2.45, 2.75) is 39.2 Å². The zero-order valence-electron chi connectivity index (χ0n) is 12.8. The van der Waals surface area contributed by atoms with E-state index in [0.717, 1.165) is 21.3 Å². The normalized spacial score (nSPS) is 13.3. The molecule has 1 aromatic carbocycles. The predicted octanol–water partition coefficient (Wildman–Crippen LogP) is 4.17. The van der Waals surface area contributed by atoms with E-state index in [2.05, 4.69) is 55.3 Å². The molecular weight excluding hydrogens is 266 g/mol. The summed E-state index contributed by atoms with van der Waals surface area (Å²) in [5.74, 6) is 0. The van der Waals surface area contributed by atoms with Crippen LogP contribution in [0, 0.1) is 0 Å². The predicted molar refractivity (Wildman–Crippen MR) is 88.4 cm³/mol. The van der Waals surface area contributed by atoms with Crippen molar-refractivity contribution < 1.29 is 0 Å². The Morgan fingerprint density at radius 2 is 1.80 bits per heavy atom. The van der Waals surface area contributed by atoms with Crippen molar-refractivity contribution in [1.82, 2.24) is 4.98 Å². The number of thiazole rings is 1. The minimum atomic E-state index is -0.00751. The molecule has 2 aromatic rings.